The van der Waals surface area contributed by atoms with Gasteiger partial charge in [0.2, 0.25) is 10.0 Å². The molecule has 0 amide bonds. The van der Waals surface area contributed by atoms with E-state index in [1.54, 1.807) is 18.2 Å². The van der Waals surface area contributed by atoms with Crippen molar-refractivity contribution in [3.63, 3.8) is 0 Å². The Balaban J connectivity index is 2.13. The zero-order chi connectivity index (χ0) is 14.8. The van der Waals surface area contributed by atoms with E-state index < -0.39 is 10.0 Å². The fourth-order valence-electron chi connectivity index (χ4n) is 2.90. The van der Waals surface area contributed by atoms with E-state index in [2.05, 4.69) is 27.6 Å². The normalized spacial score (nSPS) is 18.4. The van der Waals surface area contributed by atoms with Gasteiger partial charge in [-0.2, -0.15) is 0 Å². The fourth-order valence-corrected chi connectivity index (χ4v) is 4.38. The fraction of sp³-hybridized carbons (Fsp3) is 0.600. The standard InChI is InChI=1S/C15H22BrNO2S/c1-3-15(8-4-5-9-15)11-17-20(18,19)13-6-7-14(16)12(2)10-13/h6-7,10,17H,3-5,8-9,11H2,1-2H3. The lowest BCUT2D eigenvalue weighted by Crippen LogP contribution is -2.35. The molecule has 5 heteroatoms. The van der Waals surface area contributed by atoms with Gasteiger partial charge in [0.1, 0.15) is 0 Å². The molecular formula is C15H22BrNO2S. The summed E-state index contributed by atoms with van der Waals surface area (Å²) in [6, 6.07) is 5.14. The number of hydrogen-bond acceptors (Lipinski definition) is 2. The summed E-state index contributed by atoms with van der Waals surface area (Å²) in [4.78, 5) is 0.349. The zero-order valence-electron chi connectivity index (χ0n) is 12.1. The maximum atomic E-state index is 12.4. The van der Waals surface area contributed by atoms with Gasteiger partial charge in [-0.3, -0.25) is 0 Å². The number of rotatable bonds is 5. The summed E-state index contributed by atoms with van der Waals surface area (Å²) >= 11 is 3.39. The average Bonchev–Trinajstić information content (AvgIpc) is 2.89. The highest BCUT2D eigenvalue weighted by molar-refractivity contribution is 9.10. The van der Waals surface area contributed by atoms with E-state index >= 15 is 0 Å². The van der Waals surface area contributed by atoms with Crippen molar-refractivity contribution in [2.75, 3.05) is 6.54 Å². The summed E-state index contributed by atoms with van der Waals surface area (Å²) in [5.41, 5.74) is 1.09. The molecule has 3 nitrogen and oxygen atoms in total. The van der Waals surface area contributed by atoms with Crippen LogP contribution in [0.2, 0.25) is 0 Å². The Morgan fingerprint density at radius 3 is 2.50 bits per heavy atom. The van der Waals surface area contributed by atoms with Gasteiger partial charge < -0.3 is 0 Å². The van der Waals surface area contributed by atoms with Crippen molar-refractivity contribution in [2.45, 2.75) is 50.8 Å². The first-order valence-corrected chi connectivity index (χ1v) is 9.42. The third-order valence-electron chi connectivity index (χ3n) is 4.49. The summed E-state index contributed by atoms with van der Waals surface area (Å²) < 4.78 is 28.5. The van der Waals surface area contributed by atoms with Crippen LogP contribution in [-0.4, -0.2) is 15.0 Å². The molecule has 1 saturated carbocycles. The first-order chi connectivity index (χ1) is 9.38. The third-order valence-corrected chi connectivity index (χ3v) is 6.78. The highest BCUT2D eigenvalue weighted by Gasteiger charge is 2.33. The number of aryl methyl sites for hydroxylation is 1. The predicted octanol–water partition coefficient (Wildman–Crippen LogP) is 4.01. The first kappa shape index (κ1) is 16.0. The van der Waals surface area contributed by atoms with Gasteiger partial charge >= 0.3 is 0 Å². The summed E-state index contributed by atoms with van der Waals surface area (Å²) in [7, 11) is -3.41. The monoisotopic (exact) mass is 359 g/mol. The van der Waals surface area contributed by atoms with E-state index in [-0.39, 0.29) is 5.41 Å². The van der Waals surface area contributed by atoms with Gasteiger partial charge in [-0.15, -0.1) is 0 Å². The van der Waals surface area contributed by atoms with E-state index in [0.717, 1.165) is 29.3 Å². The Bertz CT molecular complexity index is 578. The molecule has 0 heterocycles. The van der Waals surface area contributed by atoms with Gasteiger partial charge in [0.05, 0.1) is 4.90 Å². The van der Waals surface area contributed by atoms with Gasteiger partial charge in [-0.25, -0.2) is 13.1 Å². The second-order valence-electron chi connectivity index (χ2n) is 5.80. The van der Waals surface area contributed by atoms with Crippen molar-refractivity contribution >= 4 is 26.0 Å². The molecule has 1 aromatic carbocycles. The lowest BCUT2D eigenvalue weighted by atomic mass is 9.84. The molecule has 0 saturated heterocycles. The first-order valence-electron chi connectivity index (χ1n) is 7.14. The molecular weight excluding hydrogens is 338 g/mol. The van der Waals surface area contributed by atoms with E-state index in [9.17, 15) is 8.42 Å². The van der Waals surface area contributed by atoms with Crippen LogP contribution >= 0.6 is 15.9 Å². The Labute approximate surface area is 130 Å². The number of halogens is 1. The largest absolute Gasteiger partial charge is 0.240 e. The molecule has 1 N–H and O–H groups in total. The molecule has 1 fully saturated rings. The molecule has 0 aliphatic heterocycles. The molecule has 2 rings (SSSR count). The number of nitrogens with one attached hydrogen (secondary N) is 1. The van der Waals surface area contributed by atoms with Gasteiger partial charge in [0, 0.05) is 11.0 Å². The number of sulfonamides is 1. The Morgan fingerprint density at radius 1 is 1.30 bits per heavy atom. The molecule has 0 bridgehead atoms. The zero-order valence-corrected chi connectivity index (χ0v) is 14.5. The van der Waals surface area contributed by atoms with E-state index in [0.29, 0.717) is 11.4 Å². The Kier molecular flexibility index (Phi) is 4.92. The van der Waals surface area contributed by atoms with Crippen molar-refractivity contribution < 1.29 is 8.42 Å². The minimum Gasteiger partial charge on any atom is -0.211 e. The minimum atomic E-state index is -3.41. The van der Waals surface area contributed by atoms with Crippen LogP contribution in [0.5, 0.6) is 0 Å². The van der Waals surface area contributed by atoms with E-state index in [4.69, 9.17) is 0 Å². The van der Waals surface area contributed by atoms with Crippen molar-refractivity contribution in [2.24, 2.45) is 5.41 Å². The molecule has 112 valence electrons. The maximum Gasteiger partial charge on any atom is 0.240 e. The van der Waals surface area contributed by atoms with Gasteiger partial charge in [-0.1, -0.05) is 35.7 Å². The van der Waals surface area contributed by atoms with Crippen LogP contribution in [0.15, 0.2) is 27.6 Å². The van der Waals surface area contributed by atoms with Crippen LogP contribution in [0.3, 0.4) is 0 Å². The molecule has 1 aliphatic rings. The number of hydrogen-bond donors (Lipinski definition) is 1. The van der Waals surface area contributed by atoms with Crippen LogP contribution in [0.25, 0.3) is 0 Å². The predicted molar refractivity (Wildman–Crippen MR) is 85.3 cm³/mol. The highest BCUT2D eigenvalue weighted by Crippen LogP contribution is 2.40. The van der Waals surface area contributed by atoms with E-state index in [1.807, 2.05) is 6.92 Å². The smallest absolute Gasteiger partial charge is 0.211 e. The van der Waals surface area contributed by atoms with Crippen LogP contribution in [0.1, 0.15) is 44.6 Å². The van der Waals surface area contributed by atoms with Crippen molar-refractivity contribution in [1.82, 2.24) is 4.72 Å². The van der Waals surface area contributed by atoms with Crippen molar-refractivity contribution in [3.8, 4) is 0 Å². The average molecular weight is 360 g/mol. The van der Waals surface area contributed by atoms with Gasteiger partial charge in [0.15, 0.2) is 0 Å². The lowest BCUT2D eigenvalue weighted by Gasteiger charge is -2.27. The summed E-state index contributed by atoms with van der Waals surface area (Å²) in [5.74, 6) is 0. The van der Waals surface area contributed by atoms with Crippen LogP contribution < -0.4 is 4.72 Å². The summed E-state index contributed by atoms with van der Waals surface area (Å²) in [6.45, 7) is 4.61. The van der Waals surface area contributed by atoms with Gasteiger partial charge in [0.25, 0.3) is 0 Å². The minimum absolute atomic E-state index is 0.164. The van der Waals surface area contributed by atoms with Crippen molar-refractivity contribution in [1.29, 1.82) is 0 Å². The second-order valence-corrected chi connectivity index (χ2v) is 8.42. The third kappa shape index (κ3) is 3.43. The second kappa shape index (κ2) is 6.16. The topological polar surface area (TPSA) is 46.2 Å². The quantitative estimate of drug-likeness (QED) is 0.863. The molecule has 0 radical (unpaired) electrons. The Hall–Kier alpha value is -0.390. The Morgan fingerprint density at radius 2 is 1.95 bits per heavy atom. The maximum absolute atomic E-state index is 12.4. The van der Waals surface area contributed by atoms with Crippen LogP contribution in [-0.2, 0) is 10.0 Å². The summed E-state index contributed by atoms with van der Waals surface area (Å²) in [5, 5.41) is 0. The highest BCUT2D eigenvalue weighted by atomic mass is 79.9. The molecule has 1 aromatic rings. The molecule has 0 aromatic heterocycles. The van der Waals surface area contributed by atoms with Crippen LogP contribution in [0.4, 0.5) is 0 Å². The molecule has 0 atom stereocenters. The van der Waals surface area contributed by atoms with E-state index in [1.165, 1.54) is 12.8 Å². The molecule has 0 unspecified atom stereocenters. The summed E-state index contributed by atoms with van der Waals surface area (Å²) in [6.07, 6.45) is 5.73. The lowest BCUT2D eigenvalue weighted by molar-refractivity contribution is 0.285. The molecule has 0 spiro atoms. The SMILES string of the molecule is CCC1(CNS(=O)(=O)c2ccc(Br)c(C)c2)CCCC1. The van der Waals surface area contributed by atoms with Gasteiger partial charge in [-0.05, 0) is 55.4 Å². The van der Waals surface area contributed by atoms with Crippen LogP contribution in [0, 0.1) is 12.3 Å². The number of benzene rings is 1. The molecule has 20 heavy (non-hydrogen) atoms. The van der Waals surface area contributed by atoms with Crippen molar-refractivity contribution in [3.05, 3.63) is 28.2 Å². The molecule has 1 aliphatic carbocycles.